The number of piperidine rings is 1. The van der Waals surface area contributed by atoms with Crippen LogP contribution < -0.4 is 5.56 Å². The number of aromatic nitrogens is 2. The van der Waals surface area contributed by atoms with Gasteiger partial charge in [0.15, 0.2) is 0 Å². The molecule has 6 nitrogen and oxygen atoms in total. The molecule has 126 valence electrons. The van der Waals surface area contributed by atoms with Crippen molar-refractivity contribution in [2.24, 2.45) is 0 Å². The fourth-order valence-corrected chi connectivity index (χ4v) is 3.84. The molecule has 0 aromatic carbocycles. The van der Waals surface area contributed by atoms with Crippen molar-refractivity contribution < 1.29 is 4.79 Å². The minimum absolute atomic E-state index is 0.169. The normalized spacial score (nSPS) is 21.7. The number of fused-ring (bicyclic) bond motifs is 2. The van der Waals surface area contributed by atoms with Gasteiger partial charge in [0, 0.05) is 38.1 Å². The van der Waals surface area contributed by atoms with Gasteiger partial charge in [-0.05, 0) is 37.9 Å². The van der Waals surface area contributed by atoms with Crippen LogP contribution in [-0.2, 0) is 0 Å². The quantitative estimate of drug-likeness (QED) is 0.793. The van der Waals surface area contributed by atoms with Gasteiger partial charge in [0.1, 0.15) is 11.2 Å². The molecule has 6 heteroatoms. The molecule has 4 heterocycles. The van der Waals surface area contributed by atoms with Crippen LogP contribution >= 0.6 is 0 Å². The van der Waals surface area contributed by atoms with E-state index in [9.17, 15) is 9.59 Å². The minimum atomic E-state index is -0.278. The van der Waals surface area contributed by atoms with E-state index in [1.165, 1.54) is 23.4 Å². The summed E-state index contributed by atoms with van der Waals surface area (Å²) in [7, 11) is 0. The van der Waals surface area contributed by atoms with Gasteiger partial charge in [-0.25, -0.2) is 4.98 Å². The van der Waals surface area contributed by atoms with Gasteiger partial charge in [-0.3, -0.25) is 18.9 Å². The number of pyridine rings is 1. The molecule has 2 aliphatic heterocycles. The second-order valence-corrected chi connectivity index (χ2v) is 6.85. The number of aryl methyl sites for hydroxylation is 1. The number of piperazine rings is 1. The fraction of sp³-hybridized carbons (Fsp3) is 0.500. The largest absolute Gasteiger partial charge is 0.336 e. The summed E-state index contributed by atoms with van der Waals surface area (Å²) < 4.78 is 1.47. The van der Waals surface area contributed by atoms with Crippen molar-refractivity contribution in [2.45, 2.75) is 32.2 Å². The first-order chi connectivity index (χ1) is 11.6. The smallest absolute Gasteiger partial charge is 0.270 e. The van der Waals surface area contributed by atoms with Crippen molar-refractivity contribution in [2.75, 3.05) is 26.2 Å². The van der Waals surface area contributed by atoms with Gasteiger partial charge in [-0.15, -0.1) is 0 Å². The monoisotopic (exact) mass is 326 g/mol. The molecule has 1 atom stereocenters. The second-order valence-electron chi connectivity index (χ2n) is 6.85. The number of carbonyl (C=O) groups is 1. The molecule has 2 aromatic heterocycles. The number of amides is 1. The van der Waals surface area contributed by atoms with Crippen molar-refractivity contribution >= 4 is 11.6 Å². The summed E-state index contributed by atoms with van der Waals surface area (Å²) in [4.78, 5) is 34.2. The Balaban J connectivity index is 1.63. The first kappa shape index (κ1) is 15.3. The predicted molar refractivity (Wildman–Crippen MR) is 91.3 cm³/mol. The lowest BCUT2D eigenvalue weighted by Gasteiger charge is -2.43. The van der Waals surface area contributed by atoms with Gasteiger partial charge in [-0.1, -0.05) is 12.5 Å². The van der Waals surface area contributed by atoms with Crippen molar-refractivity contribution in [3.63, 3.8) is 0 Å². The van der Waals surface area contributed by atoms with E-state index in [0.717, 1.165) is 31.6 Å². The zero-order chi connectivity index (χ0) is 16.7. The molecule has 0 aliphatic carbocycles. The van der Waals surface area contributed by atoms with E-state index < -0.39 is 0 Å². The summed E-state index contributed by atoms with van der Waals surface area (Å²) in [6, 6.07) is 4.15. The van der Waals surface area contributed by atoms with E-state index in [0.29, 0.717) is 18.2 Å². The molecule has 0 N–H and O–H groups in total. The highest BCUT2D eigenvalue weighted by atomic mass is 16.2. The molecule has 0 spiro atoms. The van der Waals surface area contributed by atoms with E-state index in [2.05, 4.69) is 9.88 Å². The molecule has 2 aliphatic rings. The highest BCUT2D eigenvalue weighted by Crippen LogP contribution is 2.21. The SMILES string of the molecule is Cc1ccc2ncc(C(=O)N3CCN4CCCCC4C3)c(=O)n2c1. The Bertz CT molecular complexity index is 845. The summed E-state index contributed by atoms with van der Waals surface area (Å²) >= 11 is 0. The van der Waals surface area contributed by atoms with Crippen LogP contribution in [0.25, 0.3) is 5.65 Å². The van der Waals surface area contributed by atoms with Crippen molar-refractivity contribution in [1.82, 2.24) is 19.2 Å². The van der Waals surface area contributed by atoms with Crippen LogP contribution in [0.15, 0.2) is 29.3 Å². The predicted octanol–water partition coefficient (Wildman–Crippen LogP) is 1.31. The standard InChI is InChI=1S/C18H22N4O2/c1-13-5-6-16-19-10-15(18(24)22(16)11-13)17(23)21-9-8-20-7-3-2-4-14(20)12-21/h5-6,10-11,14H,2-4,7-9,12H2,1H3. The van der Waals surface area contributed by atoms with Crippen LogP contribution in [0, 0.1) is 6.92 Å². The number of carbonyl (C=O) groups excluding carboxylic acids is 1. The third-order valence-electron chi connectivity index (χ3n) is 5.20. The summed E-state index contributed by atoms with van der Waals surface area (Å²) in [6.07, 6.45) is 6.78. The molecular formula is C18H22N4O2. The molecule has 0 bridgehead atoms. The third-order valence-corrected chi connectivity index (χ3v) is 5.20. The van der Waals surface area contributed by atoms with Crippen LogP contribution in [0.2, 0.25) is 0 Å². The Kier molecular flexibility index (Phi) is 3.84. The number of rotatable bonds is 1. The average molecular weight is 326 g/mol. The Labute approximate surface area is 140 Å². The third kappa shape index (κ3) is 2.60. The summed E-state index contributed by atoms with van der Waals surface area (Å²) in [5, 5.41) is 0. The van der Waals surface area contributed by atoms with Gasteiger partial charge < -0.3 is 4.90 Å². The zero-order valence-corrected chi connectivity index (χ0v) is 13.9. The number of nitrogens with zero attached hydrogens (tertiary/aromatic N) is 4. The maximum atomic E-state index is 12.9. The molecule has 24 heavy (non-hydrogen) atoms. The highest BCUT2D eigenvalue weighted by molar-refractivity contribution is 5.93. The first-order valence-electron chi connectivity index (χ1n) is 8.65. The Hall–Kier alpha value is -2.21. The van der Waals surface area contributed by atoms with Gasteiger partial charge in [-0.2, -0.15) is 0 Å². The molecular weight excluding hydrogens is 304 g/mol. The lowest BCUT2D eigenvalue weighted by Crippen LogP contribution is -2.56. The summed E-state index contributed by atoms with van der Waals surface area (Å²) in [5.74, 6) is -0.186. The van der Waals surface area contributed by atoms with Gasteiger partial charge in [0.05, 0.1) is 0 Å². The molecule has 4 rings (SSSR count). The van der Waals surface area contributed by atoms with Crippen molar-refractivity contribution in [3.8, 4) is 0 Å². The van der Waals surface area contributed by atoms with Crippen molar-refractivity contribution in [1.29, 1.82) is 0 Å². The van der Waals surface area contributed by atoms with Crippen LogP contribution in [-0.4, -0.2) is 57.3 Å². The van der Waals surface area contributed by atoms with Crippen LogP contribution in [0.4, 0.5) is 0 Å². The summed E-state index contributed by atoms with van der Waals surface area (Å²) in [5.41, 5.74) is 1.42. The molecule has 2 fully saturated rings. The molecule has 1 unspecified atom stereocenters. The van der Waals surface area contributed by atoms with E-state index in [4.69, 9.17) is 0 Å². The lowest BCUT2D eigenvalue weighted by molar-refractivity contribution is 0.0371. The molecule has 2 saturated heterocycles. The van der Waals surface area contributed by atoms with Gasteiger partial charge in [0.25, 0.3) is 11.5 Å². The van der Waals surface area contributed by atoms with Crippen LogP contribution in [0.3, 0.4) is 0 Å². The van der Waals surface area contributed by atoms with Crippen LogP contribution in [0.5, 0.6) is 0 Å². The lowest BCUT2D eigenvalue weighted by atomic mass is 9.99. The molecule has 2 aromatic rings. The van der Waals surface area contributed by atoms with E-state index >= 15 is 0 Å². The molecule has 0 saturated carbocycles. The Morgan fingerprint density at radius 2 is 2.08 bits per heavy atom. The minimum Gasteiger partial charge on any atom is -0.336 e. The van der Waals surface area contributed by atoms with Crippen molar-refractivity contribution in [3.05, 3.63) is 46.0 Å². The number of hydrogen-bond donors (Lipinski definition) is 0. The van der Waals surface area contributed by atoms with E-state index in [1.54, 1.807) is 12.3 Å². The molecule has 0 radical (unpaired) electrons. The molecule has 1 amide bonds. The topological polar surface area (TPSA) is 57.9 Å². The maximum absolute atomic E-state index is 12.9. The van der Waals surface area contributed by atoms with Crippen LogP contribution in [0.1, 0.15) is 35.2 Å². The average Bonchev–Trinajstić information content (AvgIpc) is 2.61. The Morgan fingerprint density at radius 1 is 1.21 bits per heavy atom. The summed E-state index contributed by atoms with van der Waals surface area (Å²) in [6.45, 7) is 5.35. The highest BCUT2D eigenvalue weighted by Gasteiger charge is 2.32. The first-order valence-corrected chi connectivity index (χ1v) is 8.65. The zero-order valence-electron chi connectivity index (χ0n) is 13.9. The second kappa shape index (κ2) is 6.02. The fourth-order valence-electron chi connectivity index (χ4n) is 3.84. The maximum Gasteiger partial charge on any atom is 0.270 e. The van der Waals surface area contributed by atoms with E-state index in [1.807, 2.05) is 17.9 Å². The Morgan fingerprint density at radius 3 is 2.96 bits per heavy atom. The number of hydrogen-bond acceptors (Lipinski definition) is 4. The van der Waals surface area contributed by atoms with Gasteiger partial charge >= 0.3 is 0 Å². The van der Waals surface area contributed by atoms with E-state index in [-0.39, 0.29) is 17.0 Å². The van der Waals surface area contributed by atoms with Gasteiger partial charge in [0.2, 0.25) is 0 Å².